The summed E-state index contributed by atoms with van der Waals surface area (Å²) in [5.41, 5.74) is 2.32. The number of nitriles is 1. The van der Waals surface area contributed by atoms with E-state index in [1.54, 1.807) is 18.5 Å². The van der Waals surface area contributed by atoms with E-state index in [1.807, 2.05) is 12.1 Å². The van der Waals surface area contributed by atoms with Crippen molar-refractivity contribution >= 4 is 17.0 Å². The number of aromatic nitrogens is 4. The number of hydrogen-bond donors (Lipinski definition) is 0. The number of nitrogens with zero attached hydrogens (tertiary/aromatic N) is 6. The summed E-state index contributed by atoms with van der Waals surface area (Å²) in [7, 11) is 0. The van der Waals surface area contributed by atoms with Gasteiger partial charge in [0.25, 0.3) is 0 Å². The summed E-state index contributed by atoms with van der Waals surface area (Å²) in [6.45, 7) is 1.73. The minimum atomic E-state index is 0.407. The molecular weight excluding hydrogens is 300 g/mol. The first-order chi connectivity index (χ1) is 11.8. The fraction of sp³-hybridized carbons (Fsp3) is 0.278. The Balaban J connectivity index is 1.49. The van der Waals surface area contributed by atoms with E-state index in [9.17, 15) is 0 Å². The highest BCUT2D eigenvalue weighted by Crippen LogP contribution is 2.29. The Morgan fingerprint density at radius 2 is 1.88 bits per heavy atom. The highest BCUT2D eigenvalue weighted by atomic mass is 15.2. The van der Waals surface area contributed by atoms with Crippen molar-refractivity contribution in [2.75, 3.05) is 18.0 Å². The Kier molecular flexibility index (Phi) is 3.75. The van der Waals surface area contributed by atoms with Crippen LogP contribution < -0.4 is 4.90 Å². The first-order valence-electron chi connectivity index (χ1n) is 8.03. The summed E-state index contributed by atoms with van der Waals surface area (Å²) in [5.74, 6) is 1.06. The zero-order valence-corrected chi connectivity index (χ0v) is 13.1. The lowest BCUT2D eigenvalue weighted by molar-refractivity contribution is 0.491. The molecule has 1 fully saturated rings. The van der Waals surface area contributed by atoms with Crippen molar-refractivity contribution in [2.45, 2.75) is 18.8 Å². The van der Waals surface area contributed by atoms with Crippen LogP contribution in [0.25, 0.3) is 11.0 Å². The van der Waals surface area contributed by atoms with Crippen LogP contribution in [0.4, 0.5) is 5.95 Å². The molecule has 0 bridgehead atoms. The van der Waals surface area contributed by atoms with Gasteiger partial charge in [0.05, 0.1) is 0 Å². The first-order valence-corrected chi connectivity index (χ1v) is 8.03. The molecule has 0 N–H and O–H groups in total. The Morgan fingerprint density at radius 1 is 1.00 bits per heavy atom. The lowest BCUT2D eigenvalue weighted by Gasteiger charge is -2.31. The van der Waals surface area contributed by atoms with Gasteiger partial charge in [-0.15, -0.1) is 0 Å². The highest BCUT2D eigenvalue weighted by molar-refractivity contribution is 5.74. The van der Waals surface area contributed by atoms with Gasteiger partial charge in [-0.3, -0.25) is 0 Å². The number of fused-ring (bicyclic) bond motifs is 1. The molecule has 1 saturated heterocycles. The van der Waals surface area contributed by atoms with Crippen molar-refractivity contribution in [3.63, 3.8) is 0 Å². The van der Waals surface area contributed by atoms with Crippen LogP contribution >= 0.6 is 0 Å². The van der Waals surface area contributed by atoms with Crippen molar-refractivity contribution in [2.24, 2.45) is 0 Å². The summed E-state index contributed by atoms with van der Waals surface area (Å²) < 4.78 is 0. The molecule has 3 aromatic rings. The normalized spacial score (nSPS) is 15.4. The Hall–Kier alpha value is -3.07. The average Bonchev–Trinajstić information content (AvgIpc) is 2.68. The predicted molar refractivity (Wildman–Crippen MR) is 90.5 cm³/mol. The van der Waals surface area contributed by atoms with Gasteiger partial charge in [-0.2, -0.15) is 5.26 Å². The van der Waals surface area contributed by atoms with Crippen LogP contribution in [0.5, 0.6) is 0 Å². The maximum absolute atomic E-state index is 8.96. The van der Waals surface area contributed by atoms with E-state index in [1.165, 1.54) is 0 Å². The molecule has 24 heavy (non-hydrogen) atoms. The van der Waals surface area contributed by atoms with E-state index < -0.39 is 0 Å². The second-order valence-electron chi connectivity index (χ2n) is 5.90. The molecule has 4 heterocycles. The summed E-state index contributed by atoms with van der Waals surface area (Å²) in [6, 6.07) is 11.8. The minimum Gasteiger partial charge on any atom is -0.341 e. The van der Waals surface area contributed by atoms with Gasteiger partial charge in [-0.25, -0.2) is 19.9 Å². The van der Waals surface area contributed by atoms with Crippen molar-refractivity contribution < 1.29 is 0 Å². The minimum absolute atomic E-state index is 0.407. The van der Waals surface area contributed by atoms with Crippen molar-refractivity contribution in [1.29, 1.82) is 5.26 Å². The molecule has 0 unspecified atom stereocenters. The maximum Gasteiger partial charge on any atom is 0.226 e. The topological polar surface area (TPSA) is 78.6 Å². The Bertz CT molecular complexity index is 909. The number of rotatable bonds is 2. The number of anilines is 1. The zero-order chi connectivity index (χ0) is 16.4. The van der Waals surface area contributed by atoms with Crippen molar-refractivity contribution in [3.8, 4) is 6.07 Å². The largest absolute Gasteiger partial charge is 0.341 e. The van der Waals surface area contributed by atoms with Crippen LogP contribution in [-0.4, -0.2) is 33.0 Å². The molecule has 1 aliphatic rings. The molecular formula is C18H16N6. The first kappa shape index (κ1) is 14.5. The third kappa shape index (κ3) is 2.76. The number of pyridine rings is 2. The Labute approximate surface area is 139 Å². The monoisotopic (exact) mass is 316 g/mol. The summed E-state index contributed by atoms with van der Waals surface area (Å²) in [5, 5.41) is 10.0. The molecule has 0 aromatic carbocycles. The van der Waals surface area contributed by atoms with Gasteiger partial charge in [0.2, 0.25) is 5.95 Å². The van der Waals surface area contributed by atoms with Gasteiger partial charge in [0.15, 0.2) is 5.65 Å². The molecule has 3 aromatic heterocycles. The molecule has 1 aliphatic heterocycles. The summed E-state index contributed by atoms with van der Waals surface area (Å²) in [4.78, 5) is 19.8. The maximum atomic E-state index is 8.96. The van der Waals surface area contributed by atoms with Crippen LogP contribution in [0, 0.1) is 11.3 Å². The van der Waals surface area contributed by atoms with Crippen molar-refractivity contribution in [1.82, 2.24) is 19.9 Å². The van der Waals surface area contributed by atoms with Gasteiger partial charge in [-0.05, 0) is 43.2 Å². The lowest BCUT2D eigenvalue weighted by Crippen LogP contribution is -2.34. The molecule has 0 saturated carbocycles. The molecule has 0 spiro atoms. The van der Waals surface area contributed by atoms with Gasteiger partial charge in [0, 0.05) is 42.5 Å². The van der Waals surface area contributed by atoms with Crippen LogP contribution in [0.3, 0.4) is 0 Å². The van der Waals surface area contributed by atoms with Gasteiger partial charge < -0.3 is 4.90 Å². The van der Waals surface area contributed by atoms with Crippen LogP contribution in [0.2, 0.25) is 0 Å². The summed E-state index contributed by atoms with van der Waals surface area (Å²) in [6.07, 6.45) is 5.40. The molecule has 0 aliphatic carbocycles. The smallest absolute Gasteiger partial charge is 0.226 e. The van der Waals surface area contributed by atoms with E-state index in [0.717, 1.165) is 42.7 Å². The molecule has 0 amide bonds. The van der Waals surface area contributed by atoms with Crippen LogP contribution in [-0.2, 0) is 0 Å². The molecule has 6 nitrogen and oxygen atoms in total. The number of piperidine rings is 1. The van der Waals surface area contributed by atoms with Gasteiger partial charge in [-0.1, -0.05) is 0 Å². The van der Waals surface area contributed by atoms with E-state index in [0.29, 0.717) is 17.6 Å². The fourth-order valence-electron chi connectivity index (χ4n) is 3.13. The second kappa shape index (κ2) is 6.20. The molecule has 4 rings (SSSR count). The van der Waals surface area contributed by atoms with E-state index >= 15 is 0 Å². The van der Waals surface area contributed by atoms with Crippen molar-refractivity contribution in [3.05, 3.63) is 54.1 Å². The van der Waals surface area contributed by atoms with E-state index in [4.69, 9.17) is 10.2 Å². The highest BCUT2D eigenvalue weighted by Gasteiger charge is 2.23. The fourth-order valence-corrected chi connectivity index (χ4v) is 3.13. The molecule has 118 valence electrons. The Morgan fingerprint density at radius 3 is 2.71 bits per heavy atom. The molecule has 6 heteroatoms. The van der Waals surface area contributed by atoms with Crippen LogP contribution in [0.15, 0.2) is 42.7 Å². The third-order valence-electron chi connectivity index (χ3n) is 4.44. The average molecular weight is 316 g/mol. The molecule has 0 radical (unpaired) electrons. The van der Waals surface area contributed by atoms with E-state index in [2.05, 4.69) is 38.1 Å². The standard InChI is InChI=1S/C18H16N6/c19-12-15-5-9-21-18(22-15)24-10-6-13(7-11-24)16-4-3-14-2-1-8-20-17(14)23-16/h1-5,8-9,13H,6-7,10-11H2. The third-order valence-corrected chi connectivity index (χ3v) is 4.44. The quantitative estimate of drug-likeness (QED) is 0.723. The SMILES string of the molecule is N#Cc1ccnc(N2CCC(c3ccc4cccnc4n3)CC2)n1. The molecule has 0 atom stereocenters. The van der Waals surface area contributed by atoms with Gasteiger partial charge in [0.1, 0.15) is 11.8 Å². The van der Waals surface area contributed by atoms with Crippen LogP contribution in [0.1, 0.15) is 30.1 Å². The second-order valence-corrected chi connectivity index (χ2v) is 5.90. The zero-order valence-electron chi connectivity index (χ0n) is 13.1. The van der Waals surface area contributed by atoms with E-state index in [-0.39, 0.29) is 0 Å². The predicted octanol–water partition coefficient (Wildman–Crippen LogP) is 2.68. The lowest BCUT2D eigenvalue weighted by atomic mass is 9.93. The number of hydrogen-bond acceptors (Lipinski definition) is 6. The van der Waals surface area contributed by atoms with Gasteiger partial charge >= 0.3 is 0 Å². The summed E-state index contributed by atoms with van der Waals surface area (Å²) >= 11 is 0.